The zero-order chi connectivity index (χ0) is 14.3. The molecule has 4 nitrogen and oxygen atoms in total. The topological polar surface area (TPSA) is 61.4 Å². The first-order valence-corrected chi connectivity index (χ1v) is 7.47. The number of nitrogens with one attached hydrogen (secondary N) is 2. The number of halogens is 2. The van der Waals surface area contributed by atoms with Crippen LogP contribution in [0.2, 0.25) is 10.0 Å². The molecule has 1 saturated carbocycles. The number of aliphatic hydroxyl groups is 1. The summed E-state index contributed by atoms with van der Waals surface area (Å²) in [4.78, 5) is 12.0. The zero-order valence-corrected chi connectivity index (χ0v) is 12.3. The number of amides is 1. The number of carbonyl (C=O) groups excluding carboxylic acids is 1. The lowest BCUT2D eigenvalue weighted by Crippen LogP contribution is -2.41. The Bertz CT molecular complexity index is 538. The van der Waals surface area contributed by atoms with Crippen molar-refractivity contribution in [3.05, 3.63) is 33.8 Å². The van der Waals surface area contributed by atoms with E-state index in [1.54, 1.807) is 6.07 Å². The van der Waals surface area contributed by atoms with E-state index in [0.29, 0.717) is 23.0 Å². The fourth-order valence-electron chi connectivity index (χ4n) is 2.71. The van der Waals surface area contributed by atoms with Crippen LogP contribution in [0.3, 0.4) is 0 Å². The van der Waals surface area contributed by atoms with Crippen molar-refractivity contribution in [1.82, 2.24) is 10.6 Å². The van der Waals surface area contributed by atoms with E-state index >= 15 is 0 Å². The highest BCUT2D eigenvalue weighted by Gasteiger charge is 2.42. The molecule has 1 saturated heterocycles. The number of β-amino-alcohol motifs (C(OH)–C–C–N with tert-alkyl or cyclic N) is 1. The molecule has 2 fully saturated rings. The molecule has 1 amide bonds. The second-order valence-corrected chi connectivity index (χ2v) is 6.24. The van der Waals surface area contributed by atoms with Gasteiger partial charge in [-0.1, -0.05) is 35.3 Å². The van der Waals surface area contributed by atoms with Crippen molar-refractivity contribution < 1.29 is 9.90 Å². The Balaban J connectivity index is 1.59. The summed E-state index contributed by atoms with van der Waals surface area (Å²) in [6, 6.07) is 5.39. The quantitative estimate of drug-likeness (QED) is 0.795. The van der Waals surface area contributed by atoms with Crippen LogP contribution in [0, 0.1) is 0 Å². The minimum atomic E-state index is -0.428. The van der Waals surface area contributed by atoms with Crippen LogP contribution in [-0.2, 0) is 4.79 Å². The smallest absolute Gasteiger partial charge is 0.237 e. The summed E-state index contributed by atoms with van der Waals surface area (Å²) in [7, 11) is 0. The van der Waals surface area contributed by atoms with Gasteiger partial charge in [-0.3, -0.25) is 4.79 Å². The van der Waals surface area contributed by atoms with Gasteiger partial charge in [0.2, 0.25) is 5.91 Å². The van der Waals surface area contributed by atoms with E-state index in [2.05, 4.69) is 10.6 Å². The van der Waals surface area contributed by atoms with Gasteiger partial charge in [0, 0.05) is 18.5 Å². The summed E-state index contributed by atoms with van der Waals surface area (Å²) in [5.41, 5.74) is 0.990. The van der Waals surface area contributed by atoms with Crippen molar-refractivity contribution in [3.8, 4) is 0 Å². The number of hydrogen-bond donors (Lipinski definition) is 3. The molecule has 0 radical (unpaired) electrons. The van der Waals surface area contributed by atoms with Crippen LogP contribution in [0.15, 0.2) is 18.2 Å². The van der Waals surface area contributed by atoms with Crippen molar-refractivity contribution in [3.63, 3.8) is 0 Å². The standard InChI is InChI=1S/C14H16Cl2N2O2/c15-10-3-1-2-8(13(10)16)9-5-11(9)18-14(20)12-4-7(19)6-17-12/h1-3,7,9,11-12,17,19H,4-6H2,(H,18,20)/t7-,9+,11-,12+/m1/s1. The van der Waals surface area contributed by atoms with E-state index in [1.807, 2.05) is 12.1 Å². The van der Waals surface area contributed by atoms with Crippen LogP contribution >= 0.6 is 23.2 Å². The Labute approximate surface area is 127 Å². The third kappa shape index (κ3) is 2.79. The van der Waals surface area contributed by atoms with Gasteiger partial charge in [0.15, 0.2) is 0 Å². The maximum absolute atomic E-state index is 12.0. The SMILES string of the molecule is O=C(N[C@@H]1C[C@H]1c1cccc(Cl)c1Cl)[C@@H]1C[C@@H](O)CN1. The summed E-state index contributed by atoms with van der Waals surface area (Å²) < 4.78 is 0. The molecule has 4 atom stereocenters. The molecule has 6 heteroatoms. The highest BCUT2D eigenvalue weighted by atomic mass is 35.5. The number of carbonyl (C=O) groups is 1. The molecule has 1 heterocycles. The Morgan fingerprint density at radius 3 is 2.85 bits per heavy atom. The van der Waals surface area contributed by atoms with Gasteiger partial charge in [-0.2, -0.15) is 0 Å². The van der Waals surface area contributed by atoms with E-state index in [-0.39, 0.29) is 23.9 Å². The van der Waals surface area contributed by atoms with Gasteiger partial charge in [0.05, 0.1) is 22.2 Å². The van der Waals surface area contributed by atoms with E-state index in [4.69, 9.17) is 23.2 Å². The van der Waals surface area contributed by atoms with Gasteiger partial charge in [-0.05, 0) is 24.5 Å². The molecule has 1 aromatic rings. The van der Waals surface area contributed by atoms with Crippen molar-refractivity contribution in [2.75, 3.05) is 6.54 Å². The number of rotatable bonds is 3. The van der Waals surface area contributed by atoms with E-state index < -0.39 is 6.10 Å². The Hall–Kier alpha value is -0.810. The summed E-state index contributed by atoms with van der Waals surface area (Å²) in [5, 5.41) is 16.5. The van der Waals surface area contributed by atoms with Gasteiger partial charge in [-0.15, -0.1) is 0 Å². The molecule has 1 aromatic carbocycles. The molecule has 3 rings (SSSR count). The fourth-order valence-corrected chi connectivity index (χ4v) is 3.15. The Kier molecular flexibility index (Phi) is 3.91. The summed E-state index contributed by atoms with van der Waals surface area (Å²) in [6.45, 7) is 0.478. The zero-order valence-electron chi connectivity index (χ0n) is 10.8. The largest absolute Gasteiger partial charge is 0.392 e. The van der Waals surface area contributed by atoms with Crippen molar-refractivity contribution in [1.29, 1.82) is 0 Å². The van der Waals surface area contributed by atoms with Crippen LogP contribution < -0.4 is 10.6 Å². The van der Waals surface area contributed by atoms with Crippen LogP contribution in [0.25, 0.3) is 0 Å². The van der Waals surface area contributed by atoms with Crippen LogP contribution in [0.4, 0.5) is 0 Å². The molecule has 1 aliphatic carbocycles. The lowest BCUT2D eigenvalue weighted by molar-refractivity contribution is -0.123. The predicted molar refractivity (Wildman–Crippen MR) is 78.2 cm³/mol. The Morgan fingerprint density at radius 1 is 1.35 bits per heavy atom. The lowest BCUT2D eigenvalue weighted by Gasteiger charge is -2.11. The molecule has 2 aliphatic rings. The van der Waals surface area contributed by atoms with Crippen LogP contribution in [-0.4, -0.2) is 35.7 Å². The number of aliphatic hydroxyl groups excluding tert-OH is 1. The molecule has 108 valence electrons. The molecular weight excluding hydrogens is 299 g/mol. The minimum absolute atomic E-state index is 0.0489. The van der Waals surface area contributed by atoms with Gasteiger partial charge < -0.3 is 15.7 Å². The van der Waals surface area contributed by atoms with Gasteiger partial charge in [0.25, 0.3) is 0 Å². The van der Waals surface area contributed by atoms with Gasteiger partial charge in [0.1, 0.15) is 0 Å². The molecule has 0 aromatic heterocycles. The molecule has 0 bridgehead atoms. The highest BCUT2D eigenvalue weighted by Crippen LogP contribution is 2.45. The molecule has 20 heavy (non-hydrogen) atoms. The third-order valence-electron chi connectivity index (χ3n) is 3.92. The van der Waals surface area contributed by atoms with E-state index in [9.17, 15) is 9.90 Å². The first-order chi connectivity index (χ1) is 9.56. The van der Waals surface area contributed by atoms with Crippen LogP contribution in [0.1, 0.15) is 24.3 Å². The van der Waals surface area contributed by atoms with Crippen molar-refractivity contribution in [2.24, 2.45) is 0 Å². The molecular formula is C14H16Cl2N2O2. The molecule has 1 aliphatic heterocycles. The normalized spacial score (nSPS) is 32.1. The van der Waals surface area contributed by atoms with Crippen molar-refractivity contribution >= 4 is 29.1 Å². The summed E-state index contributed by atoms with van der Waals surface area (Å²) in [5.74, 6) is 0.184. The molecule has 3 N–H and O–H groups in total. The first kappa shape index (κ1) is 14.1. The summed E-state index contributed by atoms with van der Waals surface area (Å²) in [6.07, 6.45) is 0.922. The van der Waals surface area contributed by atoms with Gasteiger partial charge in [-0.25, -0.2) is 0 Å². The predicted octanol–water partition coefficient (Wildman–Crippen LogP) is 1.69. The second kappa shape index (κ2) is 5.53. The van der Waals surface area contributed by atoms with Crippen molar-refractivity contribution in [2.45, 2.75) is 36.9 Å². The maximum Gasteiger partial charge on any atom is 0.237 e. The number of benzene rings is 1. The monoisotopic (exact) mass is 314 g/mol. The third-order valence-corrected chi connectivity index (χ3v) is 4.76. The van der Waals surface area contributed by atoms with E-state index in [0.717, 1.165) is 12.0 Å². The molecule has 0 spiro atoms. The highest BCUT2D eigenvalue weighted by molar-refractivity contribution is 6.42. The summed E-state index contributed by atoms with van der Waals surface area (Å²) >= 11 is 12.2. The maximum atomic E-state index is 12.0. The minimum Gasteiger partial charge on any atom is -0.392 e. The average molecular weight is 315 g/mol. The fraction of sp³-hybridized carbons (Fsp3) is 0.500. The number of hydrogen-bond acceptors (Lipinski definition) is 3. The second-order valence-electron chi connectivity index (χ2n) is 5.45. The lowest BCUT2D eigenvalue weighted by atomic mass is 10.1. The Morgan fingerprint density at radius 2 is 2.15 bits per heavy atom. The van der Waals surface area contributed by atoms with Crippen LogP contribution in [0.5, 0.6) is 0 Å². The van der Waals surface area contributed by atoms with Gasteiger partial charge >= 0.3 is 0 Å². The average Bonchev–Trinajstić information content (AvgIpc) is 3.02. The van der Waals surface area contributed by atoms with E-state index in [1.165, 1.54) is 0 Å². The molecule has 0 unspecified atom stereocenters. The first-order valence-electron chi connectivity index (χ1n) is 6.72.